The molecule has 1 fully saturated rings. The SMILES string of the molecule is CS(=O)(=O)CCNC(=O)[C@@H]1CCCN(Cc2ccccc2)C1. The Morgan fingerprint density at radius 1 is 1.32 bits per heavy atom. The van der Waals surface area contributed by atoms with E-state index in [4.69, 9.17) is 0 Å². The van der Waals surface area contributed by atoms with Gasteiger partial charge >= 0.3 is 0 Å². The summed E-state index contributed by atoms with van der Waals surface area (Å²) in [5.41, 5.74) is 1.25. The van der Waals surface area contributed by atoms with Crippen molar-refractivity contribution in [1.82, 2.24) is 10.2 Å². The summed E-state index contributed by atoms with van der Waals surface area (Å²) in [5.74, 6) is -0.0717. The van der Waals surface area contributed by atoms with Crippen LogP contribution in [0.3, 0.4) is 0 Å². The second kappa shape index (κ2) is 7.74. The Morgan fingerprint density at radius 2 is 2.05 bits per heavy atom. The minimum atomic E-state index is -3.03. The van der Waals surface area contributed by atoms with Gasteiger partial charge < -0.3 is 5.32 Å². The number of carbonyl (C=O) groups excluding carboxylic acids is 1. The molecule has 0 bridgehead atoms. The van der Waals surface area contributed by atoms with Crippen molar-refractivity contribution in [3.8, 4) is 0 Å². The highest BCUT2D eigenvalue weighted by Crippen LogP contribution is 2.18. The molecular formula is C16H24N2O3S. The molecule has 0 aromatic heterocycles. The first-order valence-corrected chi connectivity index (χ1v) is 9.72. The van der Waals surface area contributed by atoms with Gasteiger partial charge in [0.25, 0.3) is 0 Å². The van der Waals surface area contributed by atoms with Crippen LogP contribution in [0.2, 0.25) is 0 Å². The number of amides is 1. The van der Waals surface area contributed by atoms with Crippen molar-refractivity contribution in [3.63, 3.8) is 0 Å². The lowest BCUT2D eigenvalue weighted by Crippen LogP contribution is -2.43. The van der Waals surface area contributed by atoms with E-state index < -0.39 is 9.84 Å². The van der Waals surface area contributed by atoms with Crippen LogP contribution in [0.1, 0.15) is 18.4 Å². The van der Waals surface area contributed by atoms with Crippen LogP contribution in [-0.2, 0) is 21.2 Å². The van der Waals surface area contributed by atoms with E-state index in [1.54, 1.807) is 0 Å². The van der Waals surface area contributed by atoms with Gasteiger partial charge in [0.2, 0.25) is 5.91 Å². The van der Waals surface area contributed by atoms with Gasteiger partial charge in [0.15, 0.2) is 0 Å². The minimum absolute atomic E-state index is 0.000804. The van der Waals surface area contributed by atoms with Gasteiger partial charge in [-0.3, -0.25) is 9.69 Å². The Kier molecular flexibility index (Phi) is 5.97. The zero-order valence-corrected chi connectivity index (χ0v) is 13.8. The van der Waals surface area contributed by atoms with Gasteiger partial charge in [0, 0.05) is 25.9 Å². The summed E-state index contributed by atoms with van der Waals surface area (Å²) in [7, 11) is -3.03. The van der Waals surface area contributed by atoms with Crippen molar-refractivity contribution in [2.24, 2.45) is 5.92 Å². The molecular weight excluding hydrogens is 300 g/mol. The fraction of sp³-hybridized carbons (Fsp3) is 0.562. The number of carbonyl (C=O) groups is 1. The normalized spacial score (nSPS) is 19.8. The highest BCUT2D eigenvalue weighted by Gasteiger charge is 2.25. The largest absolute Gasteiger partial charge is 0.355 e. The highest BCUT2D eigenvalue weighted by atomic mass is 32.2. The summed E-state index contributed by atoms with van der Waals surface area (Å²) < 4.78 is 22.2. The van der Waals surface area contributed by atoms with Crippen LogP contribution in [0.25, 0.3) is 0 Å². The van der Waals surface area contributed by atoms with Crippen molar-refractivity contribution in [1.29, 1.82) is 0 Å². The summed E-state index contributed by atoms with van der Waals surface area (Å²) in [6, 6.07) is 10.2. The molecule has 1 N–H and O–H groups in total. The van der Waals surface area contributed by atoms with Crippen LogP contribution >= 0.6 is 0 Å². The number of nitrogens with zero attached hydrogens (tertiary/aromatic N) is 1. The summed E-state index contributed by atoms with van der Waals surface area (Å²) >= 11 is 0. The van der Waals surface area contributed by atoms with E-state index in [-0.39, 0.29) is 24.1 Å². The molecule has 1 aliphatic rings. The van der Waals surface area contributed by atoms with Gasteiger partial charge in [-0.25, -0.2) is 8.42 Å². The van der Waals surface area contributed by atoms with Crippen LogP contribution < -0.4 is 5.32 Å². The van der Waals surface area contributed by atoms with Gasteiger partial charge in [-0.15, -0.1) is 0 Å². The molecule has 0 unspecified atom stereocenters. The van der Waals surface area contributed by atoms with Crippen molar-refractivity contribution in [2.75, 3.05) is 31.6 Å². The number of rotatable bonds is 6. The average Bonchev–Trinajstić information content (AvgIpc) is 2.47. The van der Waals surface area contributed by atoms with E-state index in [2.05, 4.69) is 22.3 Å². The quantitative estimate of drug-likeness (QED) is 0.850. The average molecular weight is 324 g/mol. The summed E-state index contributed by atoms with van der Waals surface area (Å²) in [5, 5.41) is 2.75. The maximum absolute atomic E-state index is 12.1. The molecule has 5 nitrogen and oxygen atoms in total. The Balaban J connectivity index is 1.81. The van der Waals surface area contributed by atoms with E-state index in [1.165, 1.54) is 11.8 Å². The summed E-state index contributed by atoms with van der Waals surface area (Å²) in [6.45, 7) is 2.79. The molecule has 22 heavy (non-hydrogen) atoms. The Morgan fingerprint density at radius 3 is 2.73 bits per heavy atom. The third-order valence-corrected chi connectivity index (χ3v) is 4.84. The van der Waals surface area contributed by atoms with Crippen LogP contribution in [0.15, 0.2) is 30.3 Å². The minimum Gasteiger partial charge on any atom is -0.355 e. The number of benzene rings is 1. The molecule has 1 aliphatic heterocycles. The number of sulfone groups is 1. The maximum Gasteiger partial charge on any atom is 0.224 e. The molecule has 1 atom stereocenters. The molecule has 1 amide bonds. The molecule has 0 aliphatic carbocycles. The van der Waals surface area contributed by atoms with Crippen molar-refractivity contribution >= 4 is 15.7 Å². The molecule has 0 radical (unpaired) electrons. The van der Waals surface area contributed by atoms with Gasteiger partial charge in [-0.2, -0.15) is 0 Å². The first-order chi connectivity index (χ1) is 10.4. The van der Waals surface area contributed by atoms with Crippen LogP contribution in [0, 0.1) is 5.92 Å². The van der Waals surface area contributed by atoms with Crippen molar-refractivity contribution in [3.05, 3.63) is 35.9 Å². The second-order valence-corrected chi connectivity index (χ2v) is 8.24. The lowest BCUT2D eigenvalue weighted by atomic mass is 9.96. The molecule has 0 saturated carbocycles. The molecule has 1 heterocycles. The molecule has 122 valence electrons. The van der Waals surface area contributed by atoms with E-state index in [9.17, 15) is 13.2 Å². The van der Waals surface area contributed by atoms with Gasteiger partial charge in [-0.05, 0) is 24.9 Å². The van der Waals surface area contributed by atoms with Crippen molar-refractivity contribution < 1.29 is 13.2 Å². The molecule has 1 aromatic carbocycles. The first kappa shape index (κ1) is 17.0. The predicted molar refractivity (Wildman–Crippen MR) is 87.2 cm³/mol. The number of hydrogen-bond acceptors (Lipinski definition) is 4. The van der Waals surface area contributed by atoms with Crippen LogP contribution in [-0.4, -0.2) is 50.9 Å². The Hall–Kier alpha value is -1.40. The number of hydrogen-bond donors (Lipinski definition) is 1. The van der Waals surface area contributed by atoms with E-state index in [0.717, 1.165) is 32.5 Å². The topological polar surface area (TPSA) is 66.5 Å². The van der Waals surface area contributed by atoms with Crippen LogP contribution in [0.4, 0.5) is 0 Å². The molecule has 0 spiro atoms. The highest BCUT2D eigenvalue weighted by molar-refractivity contribution is 7.90. The molecule has 6 heteroatoms. The first-order valence-electron chi connectivity index (χ1n) is 7.66. The zero-order valence-electron chi connectivity index (χ0n) is 13.0. The smallest absolute Gasteiger partial charge is 0.224 e. The zero-order chi connectivity index (χ0) is 16.0. The van der Waals surface area contributed by atoms with Crippen molar-refractivity contribution in [2.45, 2.75) is 19.4 Å². The van der Waals surface area contributed by atoms with E-state index in [0.29, 0.717) is 0 Å². The lowest BCUT2D eigenvalue weighted by Gasteiger charge is -2.32. The number of nitrogens with one attached hydrogen (secondary N) is 1. The standard InChI is InChI=1S/C16H24N2O3S/c1-22(20,21)11-9-17-16(19)15-8-5-10-18(13-15)12-14-6-3-2-4-7-14/h2-4,6-7,15H,5,8-13H2,1H3,(H,17,19)/t15-/m1/s1. The van der Waals surface area contributed by atoms with Gasteiger partial charge in [0.1, 0.15) is 9.84 Å². The van der Waals surface area contributed by atoms with Gasteiger partial charge in [0.05, 0.1) is 11.7 Å². The van der Waals surface area contributed by atoms with E-state index in [1.807, 2.05) is 18.2 Å². The number of likely N-dealkylation sites (tertiary alicyclic amines) is 1. The summed E-state index contributed by atoms with van der Waals surface area (Å²) in [4.78, 5) is 14.4. The lowest BCUT2D eigenvalue weighted by molar-refractivity contribution is -0.126. The molecule has 1 saturated heterocycles. The van der Waals surface area contributed by atoms with E-state index >= 15 is 0 Å². The Bertz CT molecular complexity index is 587. The predicted octanol–water partition coefficient (Wildman–Crippen LogP) is 1.06. The summed E-state index contributed by atoms with van der Waals surface area (Å²) in [6.07, 6.45) is 3.05. The Labute approximate surface area is 132 Å². The third-order valence-electron chi connectivity index (χ3n) is 3.90. The maximum atomic E-state index is 12.1. The molecule has 1 aromatic rings. The fourth-order valence-electron chi connectivity index (χ4n) is 2.76. The monoisotopic (exact) mass is 324 g/mol. The van der Waals surface area contributed by atoms with Crippen LogP contribution in [0.5, 0.6) is 0 Å². The number of piperidine rings is 1. The third kappa shape index (κ3) is 5.77. The second-order valence-electron chi connectivity index (χ2n) is 5.98. The molecule has 2 rings (SSSR count). The fourth-order valence-corrected chi connectivity index (χ4v) is 3.23. The van der Waals surface area contributed by atoms with Gasteiger partial charge in [-0.1, -0.05) is 30.3 Å².